The van der Waals surface area contributed by atoms with E-state index in [9.17, 15) is 50.4 Å². The van der Waals surface area contributed by atoms with E-state index in [2.05, 4.69) is 31.3 Å². The largest absolute Gasteiger partial charge is 0.394 e. The maximum Gasteiger partial charge on any atom is 0.251 e. The number of nitrogens with zero attached hydrogens (tertiary/aromatic N) is 6. The molecule has 0 spiro atoms. The molecular formula is C26H34N8O12. The zero-order chi connectivity index (χ0) is 33.1. The van der Waals surface area contributed by atoms with Crippen molar-refractivity contribution < 1.29 is 59.9 Å². The van der Waals surface area contributed by atoms with Gasteiger partial charge in [-0.2, -0.15) is 0 Å². The van der Waals surface area contributed by atoms with Crippen LogP contribution < -0.4 is 10.6 Å². The van der Waals surface area contributed by atoms with Gasteiger partial charge in [0.1, 0.15) is 60.2 Å². The lowest BCUT2D eigenvalue weighted by atomic mass is 9.98. The summed E-state index contributed by atoms with van der Waals surface area (Å²) >= 11 is 0. The van der Waals surface area contributed by atoms with Crippen LogP contribution in [0.2, 0.25) is 0 Å². The Morgan fingerprint density at radius 3 is 1.35 bits per heavy atom. The topological polar surface area (TPSA) is 300 Å². The number of aromatic nitrogens is 6. The molecule has 20 heteroatoms. The molecular weight excluding hydrogens is 616 g/mol. The van der Waals surface area contributed by atoms with Gasteiger partial charge in [-0.1, -0.05) is 10.4 Å². The second kappa shape index (κ2) is 14.2. The first-order valence-electron chi connectivity index (χ1n) is 14.1. The predicted octanol–water partition coefficient (Wildman–Crippen LogP) is -5.33. The van der Waals surface area contributed by atoms with Crippen molar-refractivity contribution in [1.29, 1.82) is 0 Å². The summed E-state index contributed by atoms with van der Waals surface area (Å²) in [7, 11) is 0. The highest BCUT2D eigenvalue weighted by atomic mass is 16.6. The van der Waals surface area contributed by atoms with E-state index in [1.54, 1.807) is 0 Å². The summed E-state index contributed by atoms with van der Waals surface area (Å²) in [6, 6.07) is 5.74. The maximum atomic E-state index is 12.7. The second-order valence-corrected chi connectivity index (χ2v) is 10.8. The molecule has 0 aliphatic carbocycles. The number of carbonyl (C=O) groups is 2. The molecule has 2 amide bonds. The summed E-state index contributed by atoms with van der Waals surface area (Å²) in [6.07, 6.45) is -11.3. The Morgan fingerprint density at radius 2 is 1.00 bits per heavy atom. The Morgan fingerprint density at radius 1 is 0.630 bits per heavy atom. The molecule has 2 saturated heterocycles. The van der Waals surface area contributed by atoms with E-state index in [0.29, 0.717) is 0 Å². The van der Waals surface area contributed by atoms with E-state index in [1.807, 2.05) is 0 Å². The van der Waals surface area contributed by atoms with Gasteiger partial charge in [-0.25, -0.2) is 9.36 Å². The van der Waals surface area contributed by atoms with Gasteiger partial charge in [0.05, 0.1) is 38.7 Å². The van der Waals surface area contributed by atoms with Gasteiger partial charge >= 0.3 is 0 Å². The molecule has 2 aliphatic rings. The SMILES string of the molecule is O=C(NCc1cn([C@@H]2O[C@H](CO)[C@H](O)[C@H](O)[C@H]2O)nn1)c1ccc(C(=O)NCc2cn([C@@H]3O[C@H](CO)[C@H](O)[C@H](O)[C@H]3O)nn2)cc1. The van der Waals surface area contributed by atoms with Crippen LogP contribution >= 0.6 is 0 Å². The van der Waals surface area contributed by atoms with E-state index in [-0.39, 0.29) is 35.6 Å². The number of rotatable bonds is 10. The third kappa shape index (κ3) is 6.90. The number of hydrogen-bond acceptors (Lipinski definition) is 16. The third-order valence-corrected chi connectivity index (χ3v) is 7.64. The number of hydrogen-bond donors (Lipinski definition) is 10. The van der Waals surface area contributed by atoms with Gasteiger partial charge in [-0.3, -0.25) is 9.59 Å². The van der Waals surface area contributed by atoms with E-state index < -0.39 is 86.3 Å². The average Bonchev–Trinajstić information content (AvgIpc) is 3.74. The fraction of sp³-hybridized carbons (Fsp3) is 0.538. The molecule has 0 radical (unpaired) electrons. The first-order chi connectivity index (χ1) is 22.0. The predicted molar refractivity (Wildman–Crippen MR) is 147 cm³/mol. The molecule has 1 aromatic carbocycles. The Hall–Kier alpha value is -3.96. The van der Waals surface area contributed by atoms with Crippen LogP contribution in [0.3, 0.4) is 0 Å². The van der Waals surface area contributed by atoms with Gasteiger partial charge in [-0.15, -0.1) is 10.2 Å². The lowest BCUT2D eigenvalue weighted by Gasteiger charge is -2.39. The summed E-state index contributed by atoms with van der Waals surface area (Å²) in [5, 5.41) is 99.8. The van der Waals surface area contributed by atoms with E-state index in [0.717, 1.165) is 9.36 Å². The summed E-state index contributed by atoms with van der Waals surface area (Å²) < 4.78 is 13.1. The summed E-state index contributed by atoms with van der Waals surface area (Å²) in [4.78, 5) is 25.3. The number of amides is 2. The minimum atomic E-state index is -1.59. The van der Waals surface area contributed by atoms with Crippen LogP contribution in [-0.2, 0) is 22.6 Å². The van der Waals surface area contributed by atoms with Gasteiger partial charge in [0.2, 0.25) is 0 Å². The summed E-state index contributed by atoms with van der Waals surface area (Å²) in [5.41, 5.74) is 1.04. The Balaban J connectivity index is 1.11. The molecule has 2 fully saturated rings. The van der Waals surface area contributed by atoms with Crippen molar-refractivity contribution in [3.63, 3.8) is 0 Å². The molecule has 4 heterocycles. The van der Waals surface area contributed by atoms with Crippen LogP contribution in [0.1, 0.15) is 44.6 Å². The molecule has 2 aliphatic heterocycles. The number of nitrogens with one attached hydrogen (secondary N) is 2. The summed E-state index contributed by atoms with van der Waals surface area (Å²) in [5.74, 6) is -0.974. The van der Waals surface area contributed by atoms with Gasteiger partial charge in [-0.05, 0) is 24.3 Å². The van der Waals surface area contributed by atoms with Crippen LogP contribution in [0.5, 0.6) is 0 Å². The first kappa shape index (κ1) is 33.4. The van der Waals surface area contributed by atoms with E-state index in [1.165, 1.54) is 36.7 Å². The highest BCUT2D eigenvalue weighted by Crippen LogP contribution is 2.29. The van der Waals surface area contributed by atoms with Crippen LogP contribution in [0.25, 0.3) is 0 Å². The molecule has 20 nitrogen and oxygen atoms in total. The maximum absolute atomic E-state index is 12.7. The normalized spacial score (nSPS) is 31.4. The molecule has 2 aromatic heterocycles. The van der Waals surface area contributed by atoms with Crippen molar-refractivity contribution in [2.45, 2.75) is 74.4 Å². The van der Waals surface area contributed by atoms with Crippen molar-refractivity contribution in [2.75, 3.05) is 13.2 Å². The Kier molecular flexibility index (Phi) is 10.3. The van der Waals surface area contributed by atoms with Crippen LogP contribution in [0, 0.1) is 0 Å². The third-order valence-electron chi connectivity index (χ3n) is 7.64. The number of ether oxygens (including phenoxy) is 2. The molecule has 0 unspecified atom stereocenters. The standard InChI is InChI=1S/C26H34N8O12/c35-9-15-17(37)19(39)21(41)25(45-15)33-7-13(29-31-33)5-27-23(43)11-1-2-12(4-3-11)24(44)28-6-14-8-34(32-30-14)26-22(42)20(40)18(38)16(10-36)46-26/h1-4,7-8,15-22,25-26,35-42H,5-6,9-10H2,(H,27,43)(H,28,44)/t15-,16-,17+,18+,19+,20+,21-,22-,25-,26-/m1/s1. The quantitative estimate of drug-likeness (QED) is 0.0979. The van der Waals surface area contributed by atoms with Crippen LogP contribution in [-0.4, -0.2) is 145 Å². The lowest BCUT2D eigenvalue weighted by Crippen LogP contribution is -2.56. The minimum Gasteiger partial charge on any atom is -0.394 e. The molecule has 5 rings (SSSR count). The highest BCUT2D eigenvalue weighted by molar-refractivity contribution is 5.97. The molecule has 10 atom stereocenters. The van der Waals surface area contributed by atoms with Gasteiger partial charge in [0.25, 0.3) is 11.8 Å². The van der Waals surface area contributed by atoms with E-state index in [4.69, 9.17) is 9.47 Å². The zero-order valence-corrected chi connectivity index (χ0v) is 24.0. The van der Waals surface area contributed by atoms with Crippen molar-refractivity contribution in [1.82, 2.24) is 40.6 Å². The molecule has 0 bridgehead atoms. The number of aliphatic hydroxyl groups excluding tert-OH is 8. The van der Waals surface area contributed by atoms with Gasteiger partial charge in [0.15, 0.2) is 12.5 Å². The lowest BCUT2D eigenvalue weighted by molar-refractivity contribution is -0.254. The Labute approximate surface area is 259 Å². The fourth-order valence-corrected chi connectivity index (χ4v) is 4.96. The van der Waals surface area contributed by atoms with E-state index >= 15 is 0 Å². The monoisotopic (exact) mass is 650 g/mol. The van der Waals surface area contributed by atoms with Gasteiger partial charge in [0, 0.05) is 11.1 Å². The molecule has 0 saturated carbocycles. The molecule has 250 valence electrons. The molecule has 3 aromatic rings. The van der Waals surface area contributed by atoms with Crippen molar-refractivity contribution in [3.8, 4) is 0 Å². The highest BCUT2D eigenvalue weighted by Gasteiger charge is 2.45. The first-order valence-corrected chi connectivity index (χ1v) is 14.1. The van der Waals surface area contributed by atoms with Crippen molar-refractivity contribution in [3.05, 3.63) is 59.2 Å². The molecule has 10 N–H and O–H groups in total. The average molecular weight is 651 g/mol. The second-order valence-electron chi connectivity index (χ2n) is 10.8. The number of aliphatic hydroxyl groups is 8. The van der Waals surface area contributed by atoms with Crippen LogP contribution in [0.15, 0.2) is 36.7 Å². The zero-order valence-electron chi connectivity index (χ0n) is 24.0. The van der Waals surface area contributed by atoms with Crippen LogP contribution in [0.4, 0.5) is 0 Å². The van der Waals surface area contributed by atoms with Gasteiger partial charge < -0.3 is 61.0 Å². The van der Waals surface area contributed by atoms with Crippen molar-refractivity contribution in [2.24, 2.45) is 0 Å². The summed E-state index contributed by atoms with van der Waals surface area (Å²) in [6.45, 7) is -1.33. The smallest absolute Gasteiger partial charge is 0.251 e. The number of carbonyl (C=O) groups excluding carboxylic acids is 2. The number of benzene rings is 1. The molecule has 46 heavy (non-hydrogen) atoms. The van der Waals surface area contributed by atoms with Crippen molar-refractivity contribution >= 4 is 11.8 Å². The fourth-order valence-electron chi connectivity index (χ4n) is 4.96. The Bertz CT molecular complexity index is 1370. The minimum absolute atomic E-state index is 0.0672.